The second-order valence-corrected chi connectivity index (χ2v) is 5.57. The molecule has 0 radical (unpaired) electrons. The van der Waals surface area contributed by atoms with Crippen molar-refractivity contribution in [1.29, 1.82) is 0 Å². The molecule has 0 spiro atoms. The molecular weight excluding hydrogens is 254 g/mol. The molecule has 5 nitrogen and oxygen atoms in total. The molecule has 3 rings (SSSR count). The highest BCUT2D eigenvalue weighted by molar-refractivity contribution is 5.81. The van der Waals surface area contributed by atoms with Crippen molar-refractivity contribution in [3.05, 3.63) is 29.8 Å². The first-order chi connectivity index (χ1) is 9.69. The summed E-state index contributed by atoms with van der Waals surface area (Å²) in [6.45, 7) is 2.43. The molecule has 5 heteroatoms. The number of nitrogens with one attached hydrogen (secondary N) is 1. The number of likely N-dealkylation sites (N-methyl/N-ethyl adjacent to an activating group) is 1. The van der Waals surface area contributed by atoms with Gasteiger partial charge < -0.3 is 14.5 Å². The van der Waals surface area contributed by atoms with Crippen LogP contribution >= 0.6 is 0 Å². The van der Waals surface area contributed by atoms with Crippen LogP contribution in [-0.4, -0.2) is 55.5 Å². The molecule has 2 aliphatic heterocycles. The SMILES string of the molecule is COc1cccc(C2NCC(=O)N2C2CCN(C)C2)c1. The summed E-state index contributed by atoms with van der Waals surface area (Å²) in [4.78, 5) is 16.5. The molecule has 2 aliphatic rings. The number of hydrogen-bond acceptors (Lipinski definition) is 4. The molecule has 1 amide bonds. The van der Waals surface area contributed by atoms with E-state index in [2.05, 4.69) is 17.3 Å². The van der Waals surface area contributed by atoms with E-state index in [1.807, 2.05) is 29.2 Å². The maximum atomic E-state index is 12.2. The Morgan fingerprint density at radius 2 is 2.25 bits per heavy atom. The summed E-state index contributed by atoms with van der Waals surface area (Å²) in [5.41, 5.74) is 1.09. The Hall–Kier alpha value is -1.59. The Morgan fingerprint density at radius 1 is 1.40 bits per heavy atom. The molecular formula is C15H21N3O2. The number of rotatable bonds is 3. The maximum Gasteiger partial charge on any atom is 0.238 e. The summed E-state index contributed by atoms with van der Waals surface area (Å²) < 4.78 is 5.28. The lowest BCUT2D eigenvalue weighted by Gasteiger charge is -2.30. The van der Waals surface area contributed by atoms with Crippen LogP contribution in [0, 0.1) is 0 Å². The van der Waals surface area contributed by atoms with E-state index in [-0.39, 0.29) is 12.1 Å². The minimum Gasteiger partial charge on any atom is -0.497 e. The second kappa shape index (κ2) is 5.42. The molecule has 0 saturated carbocycles. The van der Waals surface area contributed by atoms with Gasteiger partial charge in [-0.05, 0) is 37.7 Å². The van der Waals surface area contributed by atoms with Crippen LogP contribution in [0.4, 0.5) is 0 Å². The van der Waals surface area contributed by atoms with Gasteiger partial charge in [0.2, 0.25) is 5.91 Å². The summed E-state index contributed by atoms with van der Waals surface area (Å²) >= 11 is 0. The molecule has 2 atom stereocenters. The fourth-order valence-corrected chi connectivity index (χ4v) is 3.16. The van der Waals surface area contributed by atoms with Crippen molar-refractivity contribution in [2.75, 3.05) is 33.8 Å². The molecule has 2 fully saturated rings. The van der Waals surface area contributed by atoms with E-state index in [4.69, 9.17) is 4.74 Å². The average Bonchev–Trinajstić information content (AvgIpc) is 3.04. The van der Waals surface area contributed by atoms with E-state index < -0.39 is 0 Å². The van der Waals surface area contributed by atoms with Gasteiger partial charge in [-0.2, -0.15) is 0 Å². The lowest BCUT2D eigenvalue weighted by atomic mass is 10.1. The molecule has 2 saturated heterocycles. The van der Waals surface area contributed by atoms with Crippen molar-refractivity contribution in [3.8, 4) is 5.75 Å². The van der Waals surface area contributed by atoms with Crippen molar-refractivity contribution in [1.82, 2.24) is 15.1 Å². The maximum absolute atomic E-state index is 12.2. The first-order valence-electron chi connectivity index (χ1n) is 7.06. The molecule has 1 aromatic rings. The number of hydrogen-bond donors (Lipinski definition) is 1. The van der Waals surface area contributed by atoms with Gasteiger partial charge >= 0.3 is 0 Å². The zero-order valence-corrected chi connectivity index (χ0v) is 12.0. The highest BCUT2D eigenvalue weighted by atomic mass is 16.5. The monoisotopic (exact) mass is 275 g/mol. The lowest BCUT2D eigenvalue weighted by Crippen LogP contribution is -2.41. The standard InChI is InChI=1S/C15H21N3O2/c1-17-7-6-12(10-17)18-14(19)9-16-15(18)11-4-3-5-13(8-11)20-2/h3-5,8,12,15-16H,6-7,9-10H2,1-2H3. The Labute approximate surface area is 119 Å². The topological polar surface area (TPSA) is 44.8 Å². The first kappa shape index (κ1) is 13.4. The lowest BCUT2D eigenvalue weighted by molar-refractivity contribution is -0.130. The molecule has 1 N–H and O–H groups in total. The minimum atomic E-state index is -0.0332. The molecule has 0 aromatic heterocycles. The van der Waals surface area contributed by atoms with Crippen LogP contribution in [0.5, 0.6) is 5.75 Å². The van der Waals surface area contributed by atoms with E-state index in [0.717, 1.165) is 30.8 Å². The Kier molecular flexibility index (Phi) is 3.63. The van der Waals surface area contributed by atoms with Crippen molar-refractivity contribution >= 4 is 5.91 Å². The van der Waals surface area contributed by atoms with Gasteiger partial charge in [-0.15, -0.1) is 0 Å². The van der Waals surface area contributed by atoms with Crippen LogP contribution in [0.25, 0.3) is 0 Å². The van der Waals surface area contributed by atoms with E-state index in [1.54, 1.807) is 7.11 Å². The van der Waals surface area contributed by atoms with Gasteiger partial charge in [0.25, 0.3) is 0 Å². The smallest absolute Gasteiger partial charge is 0.238 e. The van der Waals surface area contributed by atoms with Crippen molar-refractivity contribution in [2.24, 2.45) is 0 Å². The van der Waals surface area contributed by atoms with Gasteiger partial charge in [-0.3, -0.25) is 10.1 Å². The quantitative estimate of drug-likeness (QED) is 0.887. The van der Waals surface area contributed by atoms with Gasteiger partial charge in [0.1, 0.15) is 11.9 Å². The summed E-state index contributed by atoms with van der Waals surface area (Å²) in [6.07, 6.45) is 1.01. The number of carbonyl (C=O) groups is 1. The van der Waals surface area contributed by atoms with Crippen LogP contribution < -0.4 is 10.1 Å². The van der Waals surface area contributed by atoms with Crippen LogP contribution in [0.2, 0.25) is 0 Å². The van der Waals surface area contributed by atoms with Gasteiger partial charge in [0.05, 0.1) is 13.7 Å². The number of carbonyl (C=O) groups excluding carboxylic acids is 1. The van der Waals surface area contributed by atoms with Gasteiger partial charge in [0, 0.05) is 12.6 Å². The zero-order chi connectivity index (χ0) is 14.1. The Morgan fingerprint density at radius 3 is 2.95 bits per heavy atom. The van der Waals surface area contributed by atoms with Crippen LogP contribution in [0.15, 0.2) is 24.3 Å². The number of methoxy groups -OCH3 is 1. The van der Waals surface area contributed by atoms with Crippen LogP contribution in [0.1, 0.15) is 18.2 Å². The predicted molar refractivity (Wildman–Crippen MR) is 76.5 cm³/mol. The second-order valence-electron chi connectivity index (χ2n) is 5.57. The molecule has 2 heterocycles. The summed E-state index contributed by atoms with van der Waals surface area (Å²) in [5.74, 6) is 1.02. The summed E-state index contributed by atoms with van der Waals surface area (Å²) in [5, 5.41) is 3.32. The third kappa shape index (κ3) is 2.39. The molecule has 20 heavy (non-hydrogen) atoms. The number of amides is 1. The fourth-order valence-electron chi connectivity index (χ4n) is 3.16. The van der Waals surface area contributed by atoms with Gasteiger partial charge in [-0.1, -0.05) is 12.1 Å². The van der Waals surface area contributed by atoms with E-state index in [1.165, 1.54) is 0 Å². The molecule has 0 bridgehead atoms. The number of benzene rings is 1. The highest BCUT2D eigenvalue weighted by Gasteiger charge is 2.39. The Bertz CT molecular complexity index is 506. The van der Waals surface area contributed by atoms with E-state index in [9.17, 15) is 4.79 Å². The fraction of sp³-hybridized carbons (Fsp3) is 0.533. The minimum absolute atomic E-state index is 0.0332. The van der Waals surface area contributed by atoms with E-state index in [0.29, 0.717) is 12.6 Å². The van der Waals surface area contributed by atoms with E-state index >= 15 is 0 Å². The number of likely N-dealkylation sites (tertiary alicyclic amines) is 1. The van der Waals surface area contributed by atoms with Crippen molar-refractivity contribution < 1.29 is 9.53 Å². The normalized spacial score (nSPS) is 27.3. The molecule has 2 unspecified atom stereocenters. The number of nitrogens with zero attached hydrogens (tertiary/aromatic N) is 2. The third-order valence-corrected chi connectivity index (χ3v) is 4.18. The average molecular weight is 275 g/mol. The van der Waals surface area contributed by atoms with Crippen LogP contribution in [0.3, 0.4) is 0 Å². The summed E-state index contributed by atoms with van der Waals surface area (Å²) in [6, 6.07) is 8.25. The molecule has 1 aromatic carbocycles. The highest BCUT2D eigenvalue weighted by Crippen LogP contribution is 2.30. The van der Waals surface area contributed by atoms with Crippen molar-refractivity contribution in [2.45, 2.75) is 18.6 Å². The zero-order valence-electron chi connectivity index (χ0n) is 12.0. The van der Waals surface area contributed by atoms with Gasteiger partial charge in [-0.25, -0.2) is 0 Å². The van der Waals surface area contributed by atoms with Gasteiger partial charge in [0.15, 0.2) is 0 Å². The number of ether oxygens (including phenoxy) is 1. The Balaban J connectivity index is 1.85. The molecule has 0 aliphatic carbocycles. The summed E-state index contributed by atoms with van der Waals surface area (Å²) in [7, 11) is 3.77. The van der Waals surface area contributed by atoms with Crippen LogP contribution in [-0.2, 0) is 4.79 Å². The largest absolute Gasteiger partial charge is 0.497 e. The molecule has 108 valence electrons. The first-order valence-corrected chi connectivity index (χ1v) is 7.06. The third-order valence-electron chi connectivity index (χ3n) is 4.18. The van der Waals surface area contributed by atoms with Crippen molar-refractivity contribution in [3.63, 3.8) is 0 Å². The predicted octanol–water partition coefficient (Wildman–Crippen LogP) is 0.830.